The summed E-state index contributed by atoms with van der Waals surface area (Å²) in [5, 5.41) is 0. The van der Waals surface area contributed by atoms with E-state index in [4.69, 9.17) is 0 Å². The summed E-state index contributed by atoms with van der Waals surface area (Å²) in [5.41, 5.74) is 2.50. The van der Waals surface area contributed by atoms with E-state index >= 15 is 0 Å². The van der Waals surface area contributed by atoms with E-state index in [-0.39, 0.29) is 5.54 Å². The van der Waals surface area contributed by atoms with Gasteiger partial charge in [-0.3, -0.25) is 0 Å². The number of allylic oxidation sites excluding steroid dienone is 1. The maximum atomic E-state index is 4.42. The molecule has 74 valence electrons. The Hall–Kier alpha value is -1.31. The Kier molecular flexibility index (Phi) is 1.88. The van der Waals surface area contributed by atoms with Crippen molar-refractivity contribution in [3.8, 4) is 0 Å². The van der Waals surface area contributed by atoms with Gasteiger partial charge in [-0.2, -0.15) is 0 Å². The molecule has 1 aliphatic rings. The van der Waals surface area contributed by atoms with Gasteiger partial charge in [-0.1, -0.05) is 12.6 Å². The summed E-state index contributed by atoms with van der Waals surface area (Å²) in [6, 6.07) is 4.11. The molecule has 0 unspecified atom stereocenters. The van der Waals surface area contributed by atoms with Crippen molar-refractivity contribution >= 4 is 5.82 Å². The molecule has 1 aromatic heterocycles. The third-order valence-electron chi connectivity index (χ3n) is 2.46. The van der Waals surface area contributed by atoms with Crippen LogP contribution in [0.25, 0.3) is 0 Å². The van der Waals surface area contributed by atoms with E-state index in [1.807, 2.05) is 12.3 Å². The lowest BCUT2D eigenvalue weighted by Crippen LogP contribution is -2.38. The summed E-state index contributed by atoms with van der Waals surface area (Å²) in [6.45, 7) is 10.7. The van der Waals surface area contributed by atoms with Gasteiger partial charge in [0.05, 0.1) is 0 Å². The van der Waals surface area contributed by atoms with Crippen molar-refractivity contribution in [3.63, 3.8) is 0 Å². The van der Waals surface area contributed by atoms with Crippen molar-refractivity contribution in [2.24, 2.45) is 0 Å². The predicted octanol–water partition coefficient (Wildman–Crippen LogP) is 2.76. The first-order valence-electron chi connectivity index (χ1n) is 4.92. The second kappa shape index (κ2) is 2.84. The number of pyridine rings is 1. The van der Waals surface area contributed by atoms with Crippen LogP contribution in [0.3, 0.4) is 0 Å². The van der Waals surface area contributed by atoms with E-state index in [1.165, 1.54) is 5.56 Å². The standard InChI is InChI=1S/C12H16N2/c1-9-8-10-6-5-7-13-11(10)14(9)12(2,3)4/h5-7H,1,8H2,2-4H3. The Balaban J connectivity index is 2.50. The number of aromatic nitrogens is 1. The van der Waals surface area contributed by atoms with Gasteiger partial charge < -0.3 is 4.90 Å². The molecule has 0 saturated heterocycles. The topological polar surface area (TPSA) is 16.1 Å². The monoisotopic (exact) mass is 188 g/mol. The van der Waals surface area contributed by atoms with Crippen LogP contribution in [0, 0.1) is 0 Å². The molecule has 1 aliphatic heterocycles. The lowest BCUT2D eigenvalue weighted by molar-refractivity contribution is 0.542. The third kappa shape index (κ3) is 1.31. The Morgan fingerprint density at radius 2 is 2.14 bits per heavy atom. The molecule has 0 N–H and O–H groups in total. The second-order valence-corrected chi connectivity index (χ2v) is 4.74. The molecule has 2 heteroatoms. The smallest absolute Gasteiger partial charge is 0.136 e. The Morgan fingerprint density at radius 1 is 1.43 bits per heavy atom. The lowest BCUT2D eigenvalue weighted by Gasteiger charge is -2.34. The highest BCUT2D eigenvalue weighted by Gasteiger charge is 2.31. The van der Waals surface area contributed by atoms with Gasteiger partial charge in [0.25, 0.3) is 0 Å². The van der Waals surface area contributed by atoms with E-state index in [0.29, 0.717) is 0 Å². The van der Waals surface area contributed by atoms with Crippen LogP contribution in [-0.4, -0.2) is 10.5 Å². The van der Waals surface area contributed by atoms with Crippen molar-refractivity contribution in [3.05, 3.63) is 36.2 Å². The van der Waals surface area contributed by atoms with E-state index in [2.05, 4.69) is 43.3 Å². The molecule has 2 nitrogen and oxygen atoms in total. The fraction of sp³-hybridized carbons (Fsp3) is 0.417. The van der Waals surface area contributed by atoms with Crippen molar-refractivity contribution in [2.75, 3.05) is 4.90 Å². The largest absolute Gasteiger partial charge is 0.325 e. The SMILES string of the molecule is C=C1Cc2cccnc2N1C(C)(C)C. The average Bonchev–Trinajstić information content (AvgIpc) is 2.38. The molecular formula is C12H16N2. The quantitative estimate of drug-likeness (QED) is 0.622. The molecule has 0 aromatic carbocycles. The van der Waals surface area contributed by atoms with E-state index in [9.17, 15) is 0 Å². The number of hydrogen-bond acceptors (Lipinski definition) is 2. The predicted molar refractivity (Wildman–Crippen MR) is 59.3 cm³/mol. The summed E-state index contributed by atoms with van der Waals surface area (Å²) in [6.07, 6.45) is 2.77. The number of nitrogens with zero attached hydrogens (tertiary/aromatic N) is 2. The van der Waals surface area contributed by atoms with Crippen LogP contribution < -0.4 is 4.90 Å². The minimum Gasteiger partial charge on any atom is -0.325 e. The van der Waals surface area contributed by atoms with Crippen molar-refractivity contribution in [1.29, 1.82) is 0 Å². The number of anilines is 1. The van der Waals surface area contributed by atoms with Crippen LogP contribution in [-0.2, 0) is 6.42 Å². The first kappa shape index (κ1) is 9.25. The van der Waals surface area contributed by atoms with Gasteiger partial charge in [-0.05, 0) is 26.8 Å². The maximum absolute atomic E-state index is 4.42. The third-order valence-corrected chi connectivity index (χ3v) is 2.46. The highest BCUT2D eigenvalue weighted by atomic mass is 15.3. The zero-order chi connectivity index (χ0) is 10.3. The maximum Gasteiger partial charge on any atom is 0.136 e. The summed E-state index contributed by atoms with van der Waals surface area (Å²) >= 11 is 0. The second-order valence-electron chi connectivity index (χ2n) is 4.74. The summed E-state index contributed by atoms with van der Waals surface area (Å²) in [5.74, 6) is 1.07. The lowest BCUT2D eigenvalue weighted by atomic mass is 10.1. The molecule has 0 bridgehead atoms. The van der Waals surface area contributed by atoms with E-state index < -0.39 is 0 Å². The van der Waals surface area contributed by atoms with Gasteiger partial charge >= 0.3 is 0 Å². The van der Waals surface area contributed by atoms with Gasteiger partial charge in [0, 0.05) is 29.4 Å². The Labute approximate surface area is 85.3 Å². The van der Waals surface area contributed by atoms with Crippen LogP contribution in [0.2, 0.25) is 0 Å². The first-order valence-corrected chi connectivity index (χ1v) is 4.92. The molecule has 2 heterocycles. The molecule has 1 aromatic rings. The van der Waals surface area contributed by atoms with Gasteiger partial charge in [0.15, 0.2) is 0 Å². The summed E-state index contributed by atoms with van der Waals surface area (Å²) < 4.78 is 0. The van der Waals surface area contributed by atoms with Gasteiger partial charge in [-0.25, -0.2) is 4.98 Å². The molecule has 0 fully saturated rings. The highest BCUT2D eigenvalue weighted by molar-refractivity contribution is 5.61. The van der Waals surface area contributed by atoms with Gasteiger partial charge in [0.1, 0.15) is 5.82 Å². The summed E-state index contributed by atoms with van der Waals surface area (Å²) in [7, 11) is 0. The summed E-state index contributed by atoms with van der Waals surface area (Å²) in [4.78, 5) is 6.65. The molecule has 0 atom stereocenters. The van der Waals surface area contributed by atoms with Crippen LogP contribution in [0.5, 0.6) is 0 Å². The van der Waals surface area contributed by atoms with Gasteiger partial charge in [-0.15, -0.1) is 0 Å². The van der Waals surface area contributed by atoms with Crippen LogP contribution in [0.15, 0.2) is 30.6 Å². The first-order chi connectivity index (χ1) is 6.50. The molecule has 0 aliphatic carbocycles. The molecule has 0 amide bonds. The average molecular weight is 188 g/mol. The highest BCUT2D eigenvalue weighted by Crippen LogP contribution is 2.36. The van der Waals surface area contributed by atoms with Crippen LogP contribution >= 0.6 is 0 Å². The molecular weight excluding hydrogens is 172 g/mol. The normalized spacial score (nSPS) is 15.9. The fourth-order valence-corrected chi connectivity index (χ4v) is 2.01. The number of fused-ring (bicyclic) bond motifs is 1. The van der Waals surface area contributed by atoms with E-state index in [0.717, 1.165) is 17.9 Å². The van der Waals surface area contributed by atoms with Crippen LogP contribution in [0.1, 0.15) is 26.3 Å². The van der Waals surface area contributed by atoms with Crippen molar-refractivity contribution < 1.29 is 0 Å². The molecule has 2 rings (SSSR count). The minimum absolute atomic E-state index is 0.0662. The zero-order valence-corrected chi connectivity index (χ0v) is 9.04. The Bertz CT molecular complexity index is 374. The molecule has 0 radical (unpaired) electrons. The number of rotatable bonds is 0. The molecule has 0 saturated carbocycles. The molecule has 0 spiro atoms. The van der Waals surface area contributed by atoms with Crippen molar-refractivity contribution in [2.45, 2.75) is 32.7 Å². The zero-order valence-electron chi connectivity index (χ0n) is 9.04. The van der Waals surface area contributed by atoms with Crippen molar-refractivity contribution in [1.82, 2.24) is 4.98 Å². The van der Waals surface area contributed by atoms with Crippen LogP contribution in [0.4, 0.5) is 5.82 Å². The fourth-order valence-electron chi connectivity index (χ4n) is 2.01. The van der Waals surface area contributed by atoms with Gasteiger partial charge in [0.2, 0.25) is 0 Å². The minimum atomic E-state index is 0.0662. The van der Waals surface area contributed by atoms with E-state index in [1.54, 1.807) is 0 Å². The molecule has 14 heavy (non-hydrogen) atoms. The number of hydrogen-bond donors (Lipinski definition) is 0. The Morgan fingerprint density at radius 3 is 2.79 bits per heavy atom.